The van der Waals surface area contributed by atoms with E-state index < -0.39 is 0 Å². The fraction of sp³-hybridized carbons (Fsp3) is 0.471. The van der Waals surface area contributed by atoms with Gasteiger partial charge in [-0.3, -0.25) is 0 Å². The highest BCUT2D eigenvalue weighted by Gasteiger charge is 2.24. The molecule has 6 nitrogen and oxygen atoms in total. The third-order valence-electron chi connectivity index (χ3n) is 4.32. The Hall–Kier alpha value is -2.39. The summed E-state index contributed by atoms with van der Waals surface area (Å²) in [5.74, 6) is 2.52. The van der Waals surface area contributed by atoms with Gasteiger partial charge in [0.2, 0.25) is 0 Å². The summed E-state index contributed by atoms with van der Waals surface area (Å²) in [7, 11) is 1.72. The number of nitrogens with zero attached hydrogens (tertiary/aromatic N) is 5. The van der Waals surface area contributed by atoms with E-state index in [1.54, 1.807) is 13.2 Å². The van der Waals surface area contributed by atoms with Crippen molar-refractivity contribution in [3.63, 3.8) is 0 Å². The van der Waals surface area contributed by atoms with Crippen LogP contribution in [0, 0.1) is 11.3 Å². The zero-order valence-electron chi connectivity index (χ0n) is 13.4. The largest absolute Gasteiger partial charge is 0.383 e. The second-order valence-electron chi connectivity index (χ2n) is 5.73. The number of hydrogen-bond donors (Lipinski definition) is 0. The molecular weight excluding hydrogens is 290 g/mol. The van der Waals surface area contributed by atoms with E-state index in [1.807, 2.05) is 24.5 Å². The van der Waals surface area contributed by atoms with Gasteiger partial charge in [-0.1, -0.05) is 6.07 Å². The number of aromatic nitrogens is 3. The number of nitriles is 1. The van der Waals surface area contributed by atoms with Crippen molar-refractivity contribution in [1.29, 1.82) is 5.26 Å². The minimum absolute atomic E-state index is 0.470. The monoisotopic (exact) mass is 311 g/mol. The summed E-state index contributed by atoms with van der Waals surface area (Å²) in [6.45, 7) is 3.41. The highest BCUT2D eigenvalue weighted by molar-refractivity contribution is 5.42. The summed E-state index contributed by atoms with van der Waals surface area (Å²) in [5, 5.41) is 8.98. The van der Waals surface area contributed by atoms with Crippen LogP contribution in [0.5, 0.6) is 0 Å². The predicted octanol–water partition coefficient (Wildman–Crippen LogP) is 2.18. The summed E-state index contributed by atoms with van der Waals surface area (Å²) in [6.07, 6.45) is 5.99. The first kappa shape index (κ1) is 15.5. The highest BCUT2D eigenvalue weighted by Crippen LogP contribution is 2.29. The fourth-order valence-corrected chi connectivity index (χ4v) is 3.09. The molecule has 0 saturated carbocycles. The van der Waals surface area contributed by atoms with Crippen LogP contribution in [0.2, 0.25) is 0 Å². The molecule has 2 aromatic heterocycles. The van der Waals surface area contributed by atoms with Gasteiger partial charge in [-0.15, -0.1) is 0 Å². The molecule has 2 aromatic rings. The van der Waals surface area contributed by atoms with Crippen LogP contribution in [0.1, 0.15) is 30.3 Å². The van der Waals surface area contributed by atoms with Gasteiger partial charge in [0.1, 0.15) is 23.4 Å². The van der Waals surface area contributed by atoms with Crippen molar-refractivity contribution in [2.24, 2.45) is 0 Å². The van der Waals surface area contributed by atoms with Gasteiger partial charge in [0, 0.05) is 45.1 Å². The molecule has 0 atom stereocenters. The molecule has 3 heterocycles. The number of piperidine rings is 1. The van der Waals surface area contributed by atoms with Crippen LogP contribution in [-0.4, -0.2) is 41.3 Å². The highest BCUT2D eigenvalue weighted by atomic mass is 16.5. The van der Waals surface area contributed by atoms with E-state index >= 15 is 0 Å². The molecule has 23 heavy (non-hydrogen) atoms. The first-order valence-corrected chi connectivity index (χ1v) is 7.94. The third-order valence-corrected chi connectivity index (χ3v) is 4.32. The number of pyridine rings is 1. The summed E-state index contributed by atoms with van der Waals surface area (Å²) in [6, 6.07) is 7.71. The maximum Gasteiger partial charge on any atom is 0.142 e. The zero-order chi connectivity index (χ0) is 16.1. The molecule has 1 aliphatic heterocycles. The fourth-order valence-electron chi connectivity index (χ4n) is 3.09. The average Bonchev–Trinajstić information content (AvgIpc) is 3.08. The van der Waals surface area contributed by atoms with Crippen molar-refractivity contribution < 1.29 is 4.74 Å². The smallest absolute Gasteiger partial charge is 0.142 e. The Labute approximate surface area is 136 Å². The van der Waals surface area contributed by atoms with Crippen LogP contribution in [0.15, 0.2) is 30.6 Å². The summed E-state index contributed by atoms with van der Waals surface area (Å²) >= 11 is 0. The minimum Gasteiger partial charge on any atom is -0.383 e. The lowest BCUT2D eigenvalue weighted by Gasteiger charge is -2.32. The van der Waals surface area contributed by atoms with Crippen LogP contribution in [-0.2, 0) is 11.3 Å². The molecule has 0 aromatic carbocycles. The van der Waals surface area contributed by atoms with E-state index in [2.05, 4.69) is 25.5 Å². The van der Waals surface area contributed by atoms with E-state index in [-0.39, 0.29) is 0 Å². The Morgan fingerprint density at radius 2 is 2.17 bits per heavy atom. The number of imidazole rings is 1. The summed E-state index contributed by atoms with van der Waals surface area (Å²) in [5.41, 5.74) is 0.472. The van der Waals surface area contributed by atoms with Crippen molar-refractivity contribution >= 4 is 5.82 Å². The maximum absolute atomic E-state index is 8.98. The average molecular weight is 311 g/mol. The van der Waals surface area contributed by atoms with Gasteiger partial charge in [0.15, 0.2) is 0 Å². The number of anilines is 1. The van der Waals surface area contributed by atoms with Gasteiger partial charge >= 0.3 is 0 Å². The summed E-state index contributed by atoms with van der Waals surface area (Å²) in [4.78, 5) is 11.2. The Balaban J connectivity index is 1.64. The molecule has 120 valence electrons. The van der Waals surface area contributed by atoms with E-state index in [9.17, 15) is 0 Å². The minimum atomic E-state index is 0.470. The second-order valence-corrected chi connectivity index (χ2v) is 5.73. The quantitative estimate of drug-likeness (QED) is 0.846. The molecule has 1 aliphatic rings. The van der Waals surface area contributed by atoms with E-state index in [0.29, 0.717) is 18.2 Å². The first-order valence-electron chi connectivity index (χ1n) is 7.94. The molecule has 0 amide bonds. The Morgan fingerprint density at radius 1 is 1.35 bits per heavy atom. The van der Waals surface area contributed by atoms with Crippen molar-refractivity contribution in [2.75, 3.05) is 31.7 Å². The van der Waals surface area contributed by atoms with Crippen molar-refractivity contribution in [3.05, 3.63) is 42.1 Å². The Kier molecular flexibility index (Phi) is 4.89. The van der Waals surface area contributed by atoms with E-state index in [4.69, 9.17) is 10.00 Å². The molecule has 0 spiro atoms. The third kappa shape index (κ3) is 3.51. The molecule has 0 N–H and O–H groups in total. The van der Waals surface area contributed by atoms with Crippen LogP contribution in [0.25, 0.3) is 0 Å². The lowest BCUT2D eigenvalue weighted by atomic mass is 9.96. The van der Waals surface area contributed by atoms with Crippen molar-refractivity contribution in [1.82, 2.24) is 14.5 Å². The Bertz CT molecular complexity index is 682. The SMILES string of the molecule is COCCn1ccnc1C1CCN(c2cccc(C#N)n2)CC1. The molecule has 6 heteroatoms. The van der Waals surface area contributed by atoms with Gasteiger partial charge in [-0.05, 0) is 25.0 Å². The molecule has 0 bridgehead atoms. The van der Waals surface area contributed by atoms with Crippen LogP contribution < -0.4 is 4.90 Å². The van der Waals surface area contributed by atoms with E-state index in [0.717, 1.165) is 44.1 Å². The van der Waals surface area contributed by atoms with Gasteiger partial charge in [-0.25, -0.2) is 9.97 Å². The standard InChI is InChI=1S/C17H21N5O/c1-23-12-11-22-10-7-19-17(22)14-5-8-21(9-6-14)16-4-2-3-15(13-18)20-16/h2-4,7,10,14H,5-6,8-9,11-12H2,1H3. The maximum atomic E-state index is 8.98. The predicted molar refractivity (Wildman–Crippen MR) is 87.2 cm³/mol. The molecule has 1 saturated heterocycles. The van der Waals surface area contributed by atoms with Gasteiger partial charge in [0.25, 0.3) is 0 Å². The van der Waals surface area contributed by atoms with Crippen LogP contribution >= 0.6 is 0 Å². The van der Waals surface area contributed by atoms with Crippen LogP contribution in [0.3, 0.4) is 0 Å². The number of ether oxygens (including phenoxy) is 1. The number of rotatable bonds is 5. The topological polar surface area (TPSA) is 67.0 Å². The number of hydrogen-bond acceptors (Lipinski definition) is 5. The molecule has 0 aliphatic carbocycles. The Morgan fingerprint density at radius 3 is 2.91 bits per heavy atom. The zero-order valence-corrected chi connectivity index (χ0v) is 13.4. The van der Waals surface area contributed by atoms with Crippen molar-refractivity contribution in [3.8, 4) is 6.07 Å². The molecular formula is C17H21N5O. The van der Waals surface area contributed by atoms with Crippen molar-refractivity contribution in [2.45, 2.75) is 25.3 Å². The molecule has 0 radical (unpaired) electrons. The summed E-state index contributed by atoms with van der Waals surface area (Å²) < 4.78 is 7.36. The van der Waals surface area contributed by atoms with Crippen LogP contribution in [0.4, 0.5) is 5.82 Å². The molecule has 3 rings (SSSR count). The van der Waals surface area contributed by atoms with E-state index in [1.165, 1.54) is 0 Å². The normalized spacial score (nSPS) is 15.6. The van der Waals surface area contributed by atoms with Gasteiger partial charge in [-0.2, -0.15) is 5.26 Å². The second kappa shape index (κ2) is 7.25. The molecule has 1 fully saturated rings. The first-order chi connectivity index (χ1) is 11.3. The van der Waals surface area contributed by atoms with Gasteiger partial charge < -0.3 is 14.2 Å². The lowest BCUT2D eigenvalue weighted by Crippen LogP contribution is -2.34. The van der Waals surface area contributed by atoms with Gasteiger partial charge in [0.05, 0.1) is 6.61 Å². The molecule has 0 unspecified atom stereocenters. The lowest BCUT2D eigenvalue weighted by molar-refractivity contribution is 0.185. The number of methoxy groups -OCH3 is 1.